The number of nitrogens with one attached hydrogen (secondary N) is 1. The molecule has 5 heteroatoms. The van der Waals surface area contributed by atoms with Crippen molar-refractivity contribution in [3.63, 3.8) is 0 Å². The molecule has 150 valence electrons. The minimum absolute atomic E-state index is 0.0330. The Kier molecular flexibility index (Phi) is 7.00. The van der Waals surface area contributed by atoms with Gasteiger partial charge in [-0.25, -0.2) is 0 Å². The molecule has 2 aliphatic rings. The normalized spacial score (nSPS) is 19.0. The Bertz CT molecular complexity index is 626. The monoisotopic (exact) mass is 374 g/mol. The minimum Gasteiger partial charge on any atom is -0.490 e. The zero-order valence-corrected chi connectivity index (χ0v) is 17.0. The molecule has 1 atom stereocenters. The molecule has 0 saturated heterocycles. The maximum atomic E-state index is 12.7. The maximum Gasteiger partial charge on any atom is 0.234 e. The molecule has 1 saturated carbocycles. The van der Waals surface area contributed by atoms with E-state index in [1.54, 1.807) is 0 Å². The third-order valence-corrected chi connectivity index (χ3v) is 5.70. The lowest BCUT2D eigenvalue weighted by atomic mass is 9.94. The van der Waals surface area contributed by atoms with Crippen molar-refractivity contribution >= 4 is 5.91 Å². The largest absolute Gasteiger partial charge is 0.490 e. The van der Waals surface area contributed by atoms with Crippen molar-refractivity contribution in [2.24, 2.45) is 5.92 Å². The molecular formula is C22H34N2O3. The highest BCUT2D eigenvalue weighted by atomic mass is 16.5. The average Bonchev–Trinajstić information content (AvgIpc) is 2.91. The molecule has 1 unspecified atom stereocenters. The molecule has 3 rings (SSSR count). The first-order valence-electron chi connectivity index (χ1n) is 10.4. The molecule has 1 aromatic carbocycles. The first-order valence-corrected chi connectivity index (χ1v) is 10.4. The van der Waals surface area contributed by atoms with Gasteiger partial charge in [0, 0.05) is 12.5 Å². The molecule has 0 aromatic heterocycles. The second-order valence-electron chi connectivity index (χ2n) is 8.25. The van der Waals surface area contributed by atoms with Crippen LogP contribution >= 0.6 is 0 Å². The number of amides is 1. The molecule has 0 spiro atoms. The van der Waals surface area contributed by atoms with Crippen LogP contribution in [0.2, 0.25) is 0 Å². The highest BCUT2D eigenvalue weighted by Gasteiger charge is 2.24. The van der Waals surface area contributed by atoms with Crippen molar-refractivity contribution in [2.45, 2.75) is 64.5 Å². The zero-order chi connectivity index (χ0) is 19.2. The van der Waals surface area contributed by atoms with Crippen molar-refractivity contribution in [2.75, 3.05) is 26.8 Å². The molecule has 1 aliphatic heterocycles. The SMILES string of the molecule is CC(C)C(NC(=O)CN(C)C1CCCCC1)c1ccc2c(c1)OCCCO2. The summed E-state index contributed by atoms with van der Waals surface area (Å²) in [5.74, 6) is 1.96. The molecule has 0 radical (unpaired) electrons. The van der Waals surface area contributed by atoms with Crippen LogP contribution in [0.1, 0.15) is 64.0 Å². The van der Waals surface area contributed by atoms with Crippen LogP contribution in [0.5, 0.6) is 11.5 Å². The second kappa shape index (κ2) is 9.45. The summed E-state index contributed by atoms with van der Waals surface area (Å²) in [5, 5.41) is 3.25. The number of hydrogen-bond donors (Lipinski definition) is 1. The summed E-state index contributed by atoms with van der Waals surface area (Å²) in [5.41, 5.74) is 1.07. The second-order valence-corrected chi connectivity index (χ2v) is 8.25. The van der Waals surface area contributed by atoms with Crippen LogP contribution in [-0.4, -0.2) is 43.7 Å². The number of carbonyl (C=O) groups is 1. The first-order chi connectivity index (χ1) is 13.0. The zero-order valence-electron chi connectivity index (χ0n) is 17.0. The molecular weight excluding hydrogens is 340 g/mol. The predicted molar refractivity (Wildman–Crippen MR) is 107 cm³/mol. The Labute approximate surface area is 163 Å². The van der Waals surface area contributed by atoms with Crippen LogP contribution in [0.4, 0.5) is 0 Å². The summed E-state index contributed by atoms with van der Waals surface area (Å²) in [4.78, 5) is 14.9. The van der Waals surface area contributed by atoms with Gasteiger partial charge in [-0.05, 0) is 43.5 Å². The standard InChI is InChI=1S/C22H34N2O3/c1-16(2)22(17-10-11-19-20(14-17)27-13-7-12-26-19)23-21(25)15-24(3)18-8-5-4-6-9-18/h10-11,14,16,18,22H,4-9,12-13,15H2,1-3H3,(H,23,25). The van der Waals surface area contributed by atoms with Gasteiger partial charge in [-0.3, -0.25) is 9.69 Å². The number of benzene rings is 1. The fourth-order valence-corrected chi connectivity index (χ4v) is 4.10. The molecule has 1 heterocycles. The number of rotatable bonds is 6. The lowest BCUT2D eigenvalue weighted by Gasteiger charge is -2.31. The summed E-state index contributed by atoms with van der Waals surface area (Å²) in [6.07, 6.45) is 7.20. The van der Waals surface area contributed by atoms with Gasteiger partial charge in [0.05, 0.1) is 25.8 Å². The van der Waals surface area contributed by atoms with E-state index in [4.69, 9.17) is 9.47 Å². The van der Waals surface area contributed by atoms with Gasteiger partial charge >= 0.3 is 0 Å². The van der Waals surface area contributed by atoms with Gasteiger partial charge in [0.15, 0.2) is 11.5 Å². The smallest absolute Gasteiger partial charge is 0.234 e. The number of fused-ring (bicyclic) bond motifs is 1. The Morgan fingerprint density at radius 3 is 2.52 bits per heavy atom. The van der Waals surface area contributed by atoms with E-state index in [1.807, 2.05) is 18.2 Å². The third-order valence-electron chi connectivity index (χ3n) is 5.70. The summed E-state index contributed by atoms with van der Waals surface area (Å²) in [7, 11) is 2.08. The van der Waals surface area contributed by atoms with Gasteiger partial charge in [-0.2, -0.15) is 0 Å². The van der Waals surface area contributed by atoms with Gasteiger partial charge in [0.2, 0.25) is 5.91 Å². The summed E-state index contributed by atoms with van der Waals surface area (Å²) in [6, 6.07) is 6.54. The van der Waals surface area contributed by atoms with Gasteiger partial charge < -0.3 is 14.8 Å². The Morgan fingerprint density at radius 1 is 1.11 bits per heavy atom. The Morgan fingerprint density at radius 2 is 1.81 bits per heavy atom. The number of hydrogen-bond acceptors (Lipinski definition) is 4. The van der Waals surface area contributed by atoms with Crippen molar-refractivity contribution in [3.05, 3.63) is 23.8 Å². The maximum absolute atomic E-state index is 12.7. The average molecular weight is 375 g/mol. The van der Waals surface area contributed by atoms with E-state index >= 15 is 0 Å². The molecule has 5 nitrogen and oxygen atoms in total. The Hall–Kier alpha value is -1.75. The molecule has 1 fully saturated rings. The van der Waals surface area contributed by atoms with E-state index in [0.29, 0.717) is 31.7 Å². The van der Waals surface area contributed by atoms with Crippen LogP contribution < -0.4 is 14.8 Å². The van der Waals surface area contributed by atoms with E-state index in [0.717, 1.165) is 23.5 Å². The van der Waals surface area contributed by atoms with Crippen molar-refractivity contribution in [1.29, 1.82) is 0 Å². The van der Waals surface area contributed by atoms with E-state index in [9.17, 15) is 4.79 Å². The van der Waals surface area contributed by atoms with E-state index in [2.05, 4.69) is 31.1 Å². The van der Waals surface area contributed by atoms with Crippen molar-refractivity contribution in [1.82, 2.24) is 10.2 Å². The van der Waals surface area contributed by atoms with Crippen LogP contribution in [0, 0.1) is 5.92 Å². The number of nitrogens with zero attached hydrogens (tertiary/aromatic N) is 1. The van der Waals surface area contributed by atoms with Gasteiger partial charge in [0.1, 0.15) is 0 Å². The third kappa shape index (κ3) is 5.38. The van der Waals surface area contributed by atoms with Gasteiger partial charge in [-0.1, -0.05) is 39.2 Å². The summed E-state index contributed by atoms with van der Waals surface area (Å²) >= 11 is 0. The van der Waals surface area contributed by atoms with E-state index in [1.165, 1.54) is 32.1 Å². The molecule has 0 bridgehead atoms. The first kappa shape index (κ1) is 20.0. The topological polar surface area (TPSA) is 50.8 Å². The molecule has 1 aromatic rings. The van der Waals surface area contributed by atoms with Crippen LogP contribution in [-0.2, 0) is 4.79 Å². The summed E-state index contributed by atoms with van der Waals surface area (Å²) in [6.45, 7) is 6.08. The van der Waals surface area contributed by atoms with Gasteiger partial charge in [-0.15, -0.1) is 0 Å². The quantitative estimate of drug-likeness (QED) is 0.820. The van der Waals surface area contributed by atoms with Crippen LogP contribution in [0.25, 0.3) is 0 Å². The van der Waals surface area contributed by atoms with Crippen LogP contribution in [0.15, 0.2) is 18.2 Å². The number of carbonyl (C=O) groups excluding carboxylic acids is 1. The van der Waals surface area contributed by atoms with Crippen molar-refractivity contribution in [3.8, 4) is 11.5 Å². The number of ether oxygens (including phenoxy) is 2. The predicted octanol–water partition coefficient (Wildman–Crippen LogP) is 3.93. The highest BCUT2D eigenvalue weighted by Crippen LogP contribution is 2.34. The fourth-order valence-electron chi connectivity index (χ4n) is 4.10. The molecule has 27 heavy (non-hydrogen) atoms. The van der Waals surface area contributed by atoms with E-state index in [-0.39, 0.29) is 11.9 Å². The fraction of sp³-hybridized carbons (Fsp3) is 0.682. The van der Waals surface area contributed by atoms with E-state index < -0.39 is 0 Å². The summed E-state index contributed by atoms with van der Waals surface area (Å²) < 4.78 is 11.5. The molecule has 1 aliphatic carbocycles. The van der Waals surface area contributed by atoms with Crippen LogP contribution in [0.3, 0.4) is 0 Å². The lowest BCUT2D eigenvalue weighted by Crippen LogP contribution is -2.43. The van der Waals surface area contributed by atoms with Crippen molar-refractivity contribution < 1.29 is 14.3 Å². The molecule has 1 N–H and O–H groups in total. The number of likely N-dealkylation sites (N-methyl/N-ethyl adjacent to an activating group) is 1. The highest BCUT2D eigenvalue weighted by molar-refractivity contribution is 5.78. The lowest BCUT2D eigenvalue weighted by molar-refractivity contribution is -0.123. The minimum atomic E-state index is -0.0330. The van der Waals surface area contributed by atoms with Gasteiger partial charge in [0.25, 0.3) is 0 Å². The Balaban J connectivity index is 1.65. The molecule has 1 amide bonds.